The summed E-state index contributed by atoms with van der Waals surface area (Å²) in [6.45, 7) is 1.68. The van der Waals surface area contributed by atoms with E-state index < -0.39 is 16.9 Å². The lowest BCUT2D eigenvalue weighted by Crippen LogP contribution is -2.31. The summed E-state index contributed by atoms with van der Waals surface area (Å²) < 4.78 is 0. The van der Waals surface area contributed by atoms with Gasteiger partial charge in [0.2, 0.25) is 0 Å². The van der Waals surface area contributed by atoms with Crippen LogP contribution in [0.25, 0.3) is 0 Å². The number of carboxylic acids is 1. The van der Waals surface area contributed by atoms with Crippen LogP contribution in [0.5, 0.6) is 0 Å². The van der Waals surface area contributed by atoms with Gasteiger partial charge in [-0.3, -0.25) is 10.1 Å². The van der Waals surface area contributed by atoms with Crippen molar-refractivity contribution in [2.75, 3.05) is 5.32 Å². The van der Waals surface area contributed by atoms with E-state index in [1.165, 1.54) is 12.1 Å². The first-order valence-electron chi connectivity index (χ1n) is 5.84. The number of benzene rings is 1. The van der Waals surface area contributed by atoms with Gasteiger partial charge in [0, 0.05) is 11.8 Å². The standard InChI is InChI=1S/C12H13ClN2O4/c1-6-4-10(15(18)19)8(13)5-9(6)14-11(12(16)17)7-2-3-7/h4-5,7,11,14H,2-3H2,1H3,(H,16,17). The molecule has 2 N–H and O–H groups in total. The molecule has 1 aromatic rings. The zero-order chi connectivity index (χ0) is 14.2. The van der Waals surface area contributed by atoms with Crippen LogP contribution in [-0.4, -0.2) is 22.0 Å². The van der Waals surface area contributed by atoms with E-state index in [2.05, 4.69) is 5.32 Å². The van der Waals surface area contributed by atoms with Crippen molar-refractivity contribution in [1.82, 2.24) is 0 Å². The highest BCUT2D eigenvalue weighted by Gasteiger charge is 2.36. The molecule has 0 spiro atoms. The van der Waals surface area contributed by atoms with Crippen LogP contribution in [0.1, 0.15) is 18.4 Å². The third-order valence-corrected chi connectivity index (χ3v) is 3.46. The Hall–Kier alpha value is -1.82. The summed E-state index contributed by atoms with van der Waals surface area (Å²) in [7, 11) is 0. The smallest absolute Gasteiger partial charge is 0.326 e. The van der Waals surface area contributed by atoms with Gasteiger partial charge in [-0.1, -0.05) is 11.6 Å². The summed E-state index contributed by atoms with van der Waals surface area (Å²) in [4.78, 5) is 21.3. The first kappa shape index (κ1) is 13.6. The highest BCUT2D eigenvalue weighted by atomic mass is 35.5. The van der Waals surface area contributed by atoms with Crippen molar-refractivity contribution in [2.24, 2.45) is 5.92 Å². The van der Waals surface area contributed by atoms with Crippen molar-refractivity contribution in [3.63, 3.8) is 0 Å². The van der Waals surface area contributed by atoms with Gasteiger partial charge in [-0.25, -0.2) is 4.79 Å². The van der Waals surface area contributed by atoms with E-state index in [1.807, 2.05) is 0 Å². The second-order valence-electron chi connectivity index (χ2n) is 4.67. The van der Waals surface area contributed by atoms with Crippen LogP contribution in [0.15, 0.2) is 12.1 Å². The second kappa shape index (κ2) is 5.05. The number of nitro groups is 1. The molecule has 0 heterocycles. The van der Waals surface area contributed by atoms with Crippen LogP contribution in [0.2, 0.25) is 5.02 Å². The van der Waals surface area contributed by atoms with E-state index >= 15 is 0 Å². The molecule has 0 amide bonds. The second-order valence-corrected chi connectivity index (χ2v) is 5.08. The molecule has 1 fully saturated rings. The molecule has 102 valence electrons. The fourth-order valence-corrected chi connectivity index (χ4v) is 2.17. The van der Waals surface area contributed by atoms with Gasteiger partial charge >= 0.3 is 5.97 Å². The van der Waals surface area contributed by atoms with Crippen LogP contribution < -0.4 is 5.32 Å². The number of rotatable bonds is 5. The number of halogens is 1. The zero-order valence-electron chi connectivity index (χ0n) is 10.2. The van der Waals surface area contributed by atoms with E-state index in [0.29, 0.717) is 11.3 Å². The summed E-state index contributed by atoms with van der Waals surface area (Å²) >= 11 is 5.83. The lowest BCUT2D eigenvalue weighted by Gasteiger charge is -2.17. The lowest BCUT2D eigenvalue weighted by atomic mass is 10.1. The number of anilines is 1. The quantitative estimate of drug-likeness (QED) is 0.640. The minimum atomic E-state index is -0.920. The maximum absolute atomic E-state index is 11.2. The molecule has 2 rings (SSSR count). The van der Waals surface area contributed by atoms with Crippen LogP contribution in [0.3, 0.4) is 0 Å². The van der Waals surface area contributed by atoms with Gasteiger partial charge in [-0.05, 0) is 37.3 Å². The van der Waals surface area contributed by atoms with E-state index in [1.54, 1.807) is 6.92 Å². The fraction of sp³-hybridized carbons (Fsp3) is 0.417. The summed E-state index contributed by atoms with van der Waals surface area (Å²) in [5.74, 6) is -0.803. The summed E-state index contributed by atoms with van der Waals surface area (Å²) in [6, 6.07) is 2.08. The number of nitrogens with one attached hydrogen (secondary N) is 1. The average molecular weight is 285 g/mol. The highest BCUT2D eigenvalue weighted by Crippen LogP contribution is 2.36. The largest absolute Gasteiger partial charge is 0.480 e. The van der Waals surface area contributed by atoms with E-state index in [4.69, 9.17) is 16.7 Å². The minimum Gasteiger partial charge on any atom is -0.480 e. The van der Waals surface area contributed by atoms with Gasteiger partial charge in [-0.2, -0.15) is 0 Å². The molecule has 1 unspecified atom stereocenters. The molecule has 1 aromatic carbocycles. The molecule has 1 atom stereocenters. The summed E-state index contributed by atoms with van der Waals surface area (Å²) in [5.41, 5.74) is 0.945. The average Bonchev–Trinajstić information content (AvgIpc) is 3.12. The monoisotopic (exact) mass is 284 g/mol. The number of nitrogens with zero attached hydrogens (tertiary/aromatic N) is 1. The normalized spacial score (nSPS) is 15.9. The van der Waals surface area contributed by atoms with Gasteiger partial charge in [-0.15, -0.1) is 0 Å². The molecular weight excluding hydrogens is 272 g/mol. The van der Waals surface area contributed by atoms with Crippen molar-refractivity contribution >= 4 is 28.9 Å². The van der Waals surface area contributed by atoms with E-state index in [0.717, 1.165) is 12.8 Å². The number of hydrogen-bond acceptors (Lipinski definition) is 4. The molecule has 0 bridgehead atoms. The first-order chi connectivity index (χ1) is 8.90. The highest BCUT2D eigenvalue weighted by molar-refractivity contribution is 6.33. The maximum atomic E-state index is 11.2. The van der Waals surface area contributed by atoms with Gasteiger partial charge in [0.1, 0.15) is 11.1 Å². The molecule has 1 saturated carbocycles. The molecule has 0 saturated heterocycles. The Morgan fingerprint density at radius 1 is 1.58 bits per heavy atom. The zero-order valence-corrected chi connectivity index (χ0v) is 11.0. The van der Waals surface area contributed by atoms with Crippen molar-refractivity contribution in [3.8, 4) is 0 Å². The Balaban J connectivity index is 2.27. The van der Waals surface area contributed by atoms with Crippen molar-refractivity contribution in [2.45, 2.75) is 25.8 Å². The molecule has 6 nitrogen and oxygen atoms in total. The van der Waals surface area contributed by atoms with Gasteiger partial charge in [0.05, 0.1) is 4.92 Å². The third kappa shape index (κ3) is 2.96. The van der Waals surface area contributed by atoms with E-state index in [9.17, 15) is 14.9 Å². The van der Waals surface area contributed by atoms with Gasteiger partial charge < -0.3 is 10.4 Å². The maximum Gasteiger partial charge on any atom is 0.326 e. The molecule has 19 heavy (non-hydrogen) atoms. The molecule has 0 aliphatic heterocycles. The van der Waals surface area contributed by atoms with Gasteiger partial charge in [0.15, 0.2) is 0 Å². The number of aryl methyl sites for hydroxylation is 1. The Kier molecular flexibility index (Phi) is 3.61. The third-order valence-electron chi connectivity index (χ3n) is 3.16. The molecule has 0 radical (unpaired) electrons. The van der Waals surface area contributed by atoms with E-state index in [-0.39, 0.29) is 16.6 Å². The topological polar surface area (TPSA) is 92.5 Å². The van der Waals surface area contributed by atoms with Gasteiger partial charge in [0.25, 0.3) is 5.69 Å². The number of hydrogen-bond donors (Lipinski definition) is 2. The van der Waals surface area contributed by atoms with Crippen LogP contribution >= 0.6 is 11.6 Å². The molecule has 0 aromatic heterocycles. The van der Waals surface area contributed by atoms with Crippen molar-refractivity contribution < 1.29 is 14.8 Å². The molecule has 7 heteroatoms. The Morgan fingerprint density at radius 2 is 2.21 bits per heavy atom. The summed E-state index contributed by atoms with van der Waals surface area (Å²) in [6.07, 6.45) is 1.76. The van der Waals surface area contributed by atoms with Crippen LogP contribution in [0.4, 0.5) is 11.4 Å². The van der Waals surface area contributed by atoms with Crippen molar-refractivity contribution in [1.29, 1.82) is 0 Å². The molecule has 1 aliphatic carbocycles. The van der Waals surface area contributed by atoms with Crippen LogP contribution in [0, 0.1) is 23.0 Å². The Morgan fingerprint density at radius 3 is 2.68 bits per heavy atom. The number of carboxylic acid groups (broad SMARTS) is 1. The minimum absolute atomic E-state index is 0.00182. The molecule has 1 aliphatic rings. The fourth-order valence-electron chi connectivity index (χ4n) is 1.94. The SMILES string of the molecule is Cc1cc([N+](=O)[O-])c(Cl)cc1NC(C(=O)O)C1CC1. The summed E-state index contributed by atoms with van der Waals surface area (Å²) in [5, 5.41) is 22.8. The first-order valence-corrected chi connectivity index (χ1v) is 6.22. The number of nitro benzene ring substituents is 1. The number of carbonyl (C=O) groups is 1. The Bertz CT molecular complexity index is 543. The lowest BCUT2D eigenvalue weighted by molar-refractivity contribution is -0.384. The van der Waals surface area contributed by atoms with Crippen molar-refractivity contribution in [3.05, 3.63) is 32.8 Å². The molecular formula is C12H13ClN2O4. The number of aliphatic carboxylic acids is 1. The predicted octanol–water partition coefficient (Wildman–Crippen LogP) is 2.83. The van der Waals surface area contributed by atoms with Crippen LogP contribution in [-0.2, 0) is 4.79 Å². The predicted molar refractivity (Wildman–Crippen MR) is 70.6 cm³/mol. The Labute approximate surface area is 114 Å².